The number of unbranched alkanes of at least 4 members (excludes halogenated alkanes) is 2. The molecule has 7 heteroatoms. The Bertz CT molecular complexity index is 466. The van der Waals surface area contributed by atoms with Gasteiger partial charge < -0.3 is 9.72 Å². The summed E-state index contributed by atoms with van der Waals surface area (Å²) in [5, 5.41) is 11.1. The van der Waals surface area contributed by atoms with Crippen LogP contribution in [0.5, 0.6) is 0 Å². The van der Waals surface area contributed by atoms with Crippen molar-refractivity contribution in [2.24, 2.45) is 4.99 Å². The molecule has 0 unspecified atom stereocenters. The summed E-state index contributed by atoms with van der Waals surface area (Å²) in [7, 11) is 0. The van der Waals surface area contributed by atoms with Gasteiger partial charge in [0.1, 0.15) is 0 Å². The summed E-state index contributed by atoms with van der Waals surface area (Å²) in [6, 6.07) is 0.326. The topological polar surface area (TPSA) is 86.1 Å². The Morgan fingerprint density at radius 3 is 3.10 bits per heavy atom. The van der Waals surface area contributed by atoms with Crippen LogP contribution in [0.4, 0.5) is 0 Å². The van der Waals surface area contributed by atoms with Gasteiger partial charge in [-0.3, -0.25) is 0 Å². The smallest absolute Gasteiger partial charge is 0.298 e. The molecule has 0 spiro atoms. The fourth-order valence-electron chi connectivity index (χ4n) is 1.61. The van der Waals surface area contributed by atoms with E-state index in [2.05, 4.69) is 27.2 Å². The molecule has 0 aliphatic heterocycles. The number of nitrogens with one attached hydrogen (secondary N) is 2. The number of aryl methyl sites for hydroxylation is 1. The van der Waals surface area contributed by atoms with Crippen molar-refractivity contribution >= 4 is 17.8 Å². The molecule has 0 aliphatic rings. The predicted octanol–water partition coefficient (Wildman–Crippen LogP) is 2.58. The summed E-state index contributed by atoms with van der Waals surface area (Å²) < 4.78 is 5.45. The van der Waals surface area contributed by atoms with Crippen LogP contribution in [-0.2, 0) is 10.5 Å². The summed E-state index contributed by atoms with van der Waals surface area (Å²) in [6.07, 6.45) is 6.82. The van der Waals surface area contributed by atoms with E-state index in [4.69, 9.17) is 10.00 Å². The number of thioether (sulfide) groups is 1. The highest BCUT2D eigenvalue weighted by Crippen LogP contribution is 2.12. The number of aromatic nitrogens is 2. The number of hydrogen-bond acceptors (Lipinski definition) is 5. The van der Waals surface area contributed by atoms with Crippen LogP contribution in [0.3, 0.4) is 0 Å². The van der Waals surface area contributed by atoms with Crippen LogP contribution in [0.2, 0.25) is 0 Å². The molecule has 0 fully saturated rings. The lowest BCUT2D eigenvalue weighted by Crippen LogP contribution is -2.22. The van der Waals surface area contributed by atoms with Crippen molar-refractivity contribution < 1.29 is 4.74 Å². The summed E-state index contributed by atoms with van der Waals surface area (Å²) in [5.74, 6) is 1.76. The molecule has 1 heterocycles. The average molecular weight is 309 g/mol. The standard InChI is InChI=1S/C14H23N5OS/c1-3-4-5-7-20-14(17-10-15)16-6-8-21-9-13-12(2)18-11-19-13/h11H,3-9H2,1-2H3,(H,16,17)(H,18,19). The Hall–Kier alpha value is -1.68. The van der Waals surface area contributed by atoms with Crippen LogP contribution in [0.15, 0.2) is 11.3 Å². The first-order valence-electron chi connectivity index (χ1n) is 7.16. The van der Waals surface area contributed by atoms with Crippen molar-refractivity contribution in [3.8, 4) is 6.19 Å². The maximum absolute atomic E-state index is 8.66. The molecule has 2 N–H and O–H groups in total. The third-order valence-electron chi connectivity index (χ3n) is 2.82. The first-order chi connectivity index (χ1) is 10.3. The number of imidazole rings is 1. The zero-order valence-corrected chi connectivity index (χ0v) is 13.5. The Morgan fingerprint density at radius 1 is 1.57 bits per heavy atom. The highest BCUT2D eigenvalue weighted by atomic mass is 32.2. The van der Waals surface area contributed by atoms with Crippen LogP contribution in [0.1, 0.15) is 37.6 Å². The van der Waals surface area contributed by atoms with Crippen molar-refractivity contribution in [2.75, 3.05) is 18.9 Å². The molecular weight excluding hydrogens is 286 g/mol. The zero-order chi connectivity index (χ0) is 15.3. The van der Waals surface area contributed by atoms with E-state index in [9.17, 15) is 0 Å². The summed E-state index contributed by atoms with van der Waals surface area (Å²) in [6.45, 7) is 5.35. The Labute approximate surface area is 130 Å². The van der Waals surface area contributed by atoms with Crippen LogP contribution >= 0.6 is 11.8 Å². The summed E-state index contributed by atoms with van der Waals surface area (Å²) in [4.78, 5) is 11.5. The normalized spacial score (nSPS) is 11.2. The van der Waals surface area contributed by atoms with Gasteiger partial charge in [0.15, 0.2) is 6.19 Å². The van der Waals surface area contributed by atoms with Crippen LogP contribution in [-0.4, -0.2) is 34.9 Å². The lowest BCUT2D eigenvalue weighted by atomic mass is 10.3. The molecule has 0 atom stereocenters. The molecule has 0 bridgehead atoms. The van der Waals surface area contributed by atoms with E-state index in [0.29, 0.717) is 19.2 Å². The number of nitrogens with zero attached hydrogens (tertiary/aromatic N) is 3. The quantitative estimate of drug-likeness (QED) is 0.241. The van der Waals surface area contributed by atoms with Gasteiger partial charge in [-0.25, -0.2) is 15.3 Å². The fraction of sp³-hybridized carbons (Fsp3) is 0.643. The van der Waals surface area contributed by atoms with Crippen molar-refractivity contribution in [3.63, 3.8) is 0 Å². The minimum Gasteiger partial charge on any atom is -0.465 e. The monoisotopic (exact) mass is 309 g/mol. The Balaban J connectivity index is 2.21. The number of H-pyrrole nitrogens is 1. The minimum atomic E-state index is 0.326. The summed E-state index contributed by atoms with van der Waals surface area (Å²) in [5.41, 5.74) is 2.19. The number of nitriles is 1. The molecule has 0 radical (unpaired) electrons. The molecule has 116 valence electrons. The SMILES string of the molecule is CCCCCO/C(=N\CCSCc1[nH]cnc1C)NC#N. The molecule has 0 saturated heterocycles. The van der Waals surface area contributed by atoms with Gasteiger partial charge >= 0.3 is 0 Å². The van der Waals surface area contributed by atoms with Gasteiger partial charge in [-0.15, -0.1) is 0 Å². The lowest BCUT2D eigenvalue weighted by molar-refractivity contribution is 0.283. The molecule has 0 saturated carbocycles. The third kappa shape index (κ3) is 7.61. The first kappa shape index (κ1) is 17.4. The average Bonchev–Trinajstić information content (AvgIpc) is 2.88. The van der Waals surface area contributed by atoms with Gasteiger partial charge in [0.2, 0.25) is 0 Å². The van der Waals surface area contributed by atoms with Crippen LogP contribution in [0, 0.1) is 18.4 Å². The second-order valence-corrected chi connectivity index (χ2v) is 5.60. The zero-order valence-electron chi connectivity index (χ0n) is 12.7. The summed E-state index contributed by atoms with van der Waals surface area (Å²) >= 11 is 1.77. The molecule has 0 aliphatic carbocycles. The van der Waals surface area contributed by atoms with E-state index >= 15 is 0 Å². The highest BCUT2D eigenvalue weighted by molar-refractivity contribution is 7.98. The van der Waals surface area contributed by atoms with Gasteiger partial charge in [-0.2, -0.15) is 17.0 Å². The van der Waals surface area contributed by atoms with Crippen molar-refractivity contribution in [1.82, 2.24) is 15.3 Å². The van der Waals surface area contributed by atoms with Crippen LogP contribution in [0.25, 0.3) is 0 Å². The maximum Gasteiger partial charge on any atom is 0.298 e. The van der Waals surface area contributed by atoms with E-state index in [-0.39, 0.29) is 0 Å². The Morgan fingerprint density at radius 2 is 2.43 bits per heavy atom. The fourth-order valence-corrected chi connectivity index (χ4v) is 2.47. The van der Waals surface area contributed by atoms with Gasteiger partial charge in [0.25, 0.3) is 6.02 Å². The number of aromatic amines is 1. The molecule has 0 amide bonds. The predicted molar refractivity (Wildman–Crippen MR) is 86.0 cm³/mol. The number of amidine groups is 1. The van der Waals surface area contributed by atoms with Gasteiger partial charge in [-0.05, 0) is 13.3 Å². The number of aliphatic imine (C=N–C) groups is 1. The first-order valence-corrected chi connectivity index (χ1v) is 8.32. The second kappa shape index (κ2) is 11.0. The van der Waals surface area contributed by atoms with Gasteiger partial charge in [0.05, 0.1) is 25.2 Å². The number of ether oxygens (including phenoxy) is 1. The highest BCUT2D eigenvalue weighted by Gasteiger charge is 2.01. The maximum atomic E-state index is 8.66. The minimum absolute atomic E-state index is 0.326. The van der Waals surface area contributed by atoms with Gasteiger partial charge in [-0.1, -0.05) is 19.8 Å². The van der Waals surface area contributed by atoms with E-state index in [1.807, 2.05) is 13.1 Å². The third-order valence-corrected chi connectivity index (χ3v) is 3.78. The van der Waals surface area contributed by atoms with Crippen molar-refractivity contribution in [3.05, 3.63) is 17.7 Å². The molecule has 1 aromatic rings. The molecule has 6 nitrogen and oxygen atoms in total. The molecule has 1 aromatic heterocycles. The van der Waals surface area contributed by atoms with E-state index in [1.165, 1.54) is 0 Å². The number of hydrogen-bond donors (Lipinski definition) is 2. The van der Waals surface area contributed by atoms with Crippen molar-refractivity contribution in [2.45, 2.75) is 38.9 Å². The Kier molecular flexibility index (Phi) is 9.13. The second-order valence-electron chi connectivity index (χ2n) is 4.50. The number of rotatable bonds is 9. The van der Waals surface area contributed by atoms with E-state index in [0.717, 1.165) is 42.2 Å². The van der Waals surface area contributed by atoms with Gasteiger partial charge in [0, 0.05) is 17.2 Å². The molecule has 0 aromatic carbocycles. The van der Waals surface area contributed by atoms with E-state index < -0.39 is 0 Å². The van der Waals surface area contributed by atoms with Crippen molar-refractivity contribution in [1.29, 1.82) is 5.26 Å². The largest absolute Gasteiger partial charge is 0.465 e. The lowest BCUT2D eigenvalue weighted by Gasteiger charge is -2.06. The van der Waals surface area contributed by atoms with Crippen LogP contribution < -0.4 is 5.32 Å². The molecule has 21 heavy (non-hydrogen) atoms. The molecular formula is C14H23N5OS. The molecule has 1 rings (SSSR count). The van der Waals surface area contributed by atoms with E-state index in [1.54, 1.807) is 18.1 Å².